The summed E-state index contributed by atoms with van der Waals surface area (Å²) in [6.45, 7) is 6.81. The summed E-state index contributed by atoms with van der Waals surface area (Å²) in [7, 11) is 0. The van der Waals surface area contributed by atoms with Crippen LogP contribution < -0.4 is 15.4 Å². The van der Waals surface area contributed by atoms with Crippen molar-refractivity contribution in [3.8, 4) is 16.9 Å². The second-order valence-electron chi connectivity index (χ2n) is 10.3. The molecule has 40 heavy (non-hydrogen) atoms. The van der Waals surface area contributed by atoms with Gasteiger partial charge in [-0.15, -0.1) is 0 Å². The first-order valence-corrected chi connectivity index (χ1v) is 13.0. The van der Waals surface area contributed by atoms with Crippen molar-refractivity contribution in [3.63, 3.8) is 0 Å². The van der Waals surface area contributed by atoms with E-state index in [2.05, 4.69) is 10.6 Å². The molecule has 0 aromatic heterocycles. The lowest BCUT2D eigenvalue weighted by atomic mass is 9.98. The molecule has 0 unspecified atom stereocenters. The van der Waals surface area contributed by atoms with Gasteiger partial charge in [-0.2, -0.15) is 0 Å². The minimum absolute atomic E-state index is 0.0675. The summed E-state index contributed by atoms with van der Waals surface area (Å²) < 4.78 is 20.4. The molecule has 1 fully saturated rings. The minimum atomic E-state index is -0.905. The molecule has 0 radical (unpaired) electrons. The molecule has 0 saturated carbocycles. The van der Waals surface area contributed by atoms with Crippen molar-refractivity contribution in [3.05, 3.63) is 54.1 Å². The zero-order chi connectivity index (χ0) is 29.3. The standard InChI is InChI=1S/C29H35N3O8/c1-5-37-24(33)15-21-14-22(31-26(21)34)16-38-23-12-10-19(11-13-23)18-6-8-20(9-7-18)25(30)32-28(36)40-17-39-27(35)29(2,3)4/h6-13,21-22H,5,14-17H2,1-4H3,(H,31,34)(H2,30,32,36)/t21-,22-/m0/s1. The van der Waals surface area contributed by atoms with E-state index in [9.17, 15) is 19.2 Å². The Labute approximate surface area is 233 Å². The number of ether oxygens (including phenoxy) is 4. The van der Waals surface area contributed by atoms with E-state index in [-0.39, 0.29) is 43.4 Å². The second kappa shape index (κ2) is 13.6. The van der Waals surface area contributed by atoms with Gasteiger partial charge in [0.15, 0.2) is 0 Å². The van der Waals surface area contributed by atoms with Crippen LogP contribution in [0.1, 0.15) is 46.1 Å². The molecule has 2 atom stereocenters. The topological polar surface area (TPSA) is 153 Å². The molecule has 0 aliphatic carbocycles. The van der Waals surface area contributed by atoms with Crippen LogP contribution in [0.25, 0.3) is 11.1 Å². The Morgan fingerprint density at radius 3 is 2.20 bits per heavy atom. The van der Waals surface area contributed by atoms with Crippen LogP contribution in [-0.4, -0.2) is 55.8 Å². The van der Waals surface area contributed by atoms with Crippen molar-refractivity contribution in [1.29, 1.82) is 5.41 Å². The molecule has 1 aliphatic rings. The zero-order valence-electron chi connectivity index (χ0n) is 23.1. The van der Waals surface area contributed by atoms with Gasteiger partial charge in [0.25, 0.3) is 0 Å². The minimum Gasteiger partial charge on any atom is -0.491 e. The molecule has 1 saturated heterocycles. The van der Waals surface area contributed by atoms with Crippen LogP contribution in [0.15, 0.2) is 48.5 Å². The molecule has 11 nitrogen and oxygen atoms in total. The molecule has 3 N–H and O–H groups in total. The Morgan fingerprint density at radius 2 is 1.60 bits per heavy atom. The highest BCUT2D eigenvalue weighted by Crippen LogP contribution is 2.25. The van der Waals surface area contributed by atoms with Gasteiger partial charge in [-0.3, -0.25) is 25.1 Å². The third kappa shape index (κ3) is 8.82. The van der Waals surface area contributed by atoms with Gasteiger partial charge in [0.05, 0.1) is 30.4 Å². The first-order chi connectivity index (χ1) is 19.0. The van der Waals surface area contributed by atoms with E-state index in [1.165, 1.54) is 0 Å². The van der Waals surface area contributed by atoms with Gasteiger partial charge in [0.2, 0.25) is 12.7 Å². The zero-order valence-corrected chi connectivity index (χ0v) is 23.1. The molecule has 2 aromatic carbocycles. The number of alkyl carbamates (subject to hydrolysis) is 1. The lowest BCUT2D eigenvalue weighted by Crippen LogP contribution is -2.32. The van der Waals surface area contributed by atoms with Gasteiger partial charge in [-0.25, -0.2) is 4.79 Å². The maximum atomic E-state index is 12.1. The van der Waals surface area contributed by atoms with E-state index in [0.717, 1.165) is 11.1 Å². The molecule has 214 valence electrons. The number of carbonyl (C=O) groups excluding carboxylic acids is 4. The molecule has 2 aromatic rings. The van der Waals surface area contributed by atoms with Crippen molar-refractivity contribution in [1.82, 2.24) is 10.6 Å². The summed E-state index contributed by atoms with van der Waals surface area (Å²) in [6, 6.07) is 14.3. The van der Waals surface area contributed by atoms with E-state index in [1.54, 1.807) is 39.8 Å². The molecule has 2 amide bonds. The van der Waals surface area contributed by atoms with Crippen LogP contribution in [-0.2, 0) is 28.6 Å². The maximum Gasteiger partial charge on any atom is 0.415 e. The number of hydrogen-bond donors (Lipinski definition) is 3. The van der Waals surface area contributed by atoms with Gasteiger partial charge in [0.1, 0.15) is 18.2 Å². The third-order valence-corrected chi connectivity index (χ3v) is 6.04. The second-order valence-corrected chi connectivity index (χ2v) is 10.3. The van der Waals surface area contributed by atoms with Gasteiger partial charge in [-0.05, 0) is 57.4 Å². The van der Waals surface area contributed by atoms with Gasteiger partial charge in [-0.1, -0.05) is 36.4 Å². The van der Waals surface area contributed by atoms with Crippen LogP contribution in [0.5, 0.6) is 5.75 Å². The molecule has 1 aliphatic heterocycles. The van der Waals surface area contributed by atoms with E-state index in [1.807, 2.05) is 36.4 Å². The average molecular weight is 554 g/mol. The van der Waals surface area contributed by atoms with Crippen LogP contribution in [0.2, 0.25) is 0 Å². The number of nitrogens with one attached hydrogen (secondary N) is 3. The SMILES string of the molecule is CCOC(=O)C[C@@H]1C[C@@H](COc2ccc(-c3ccc(C(=N)NC(=O)OCOC(=O)C(C)(C)C)cc3)cc2)NC1=O. The molecular formula is C29H35N3O8. The normalized spacial score (nSPS) is 16.4. The number of carbonyl (C=O) groups is 4. The van der Waals surface area contributed by atoms with Crippen molar-refractivity contribution in [2.24, 2.45) is 11.3 Å². The average Bonchev–Trinajstić information content (AvgIpc) is 3.26. The van der Waals surface area contributed by atoms with Crippen molar-refractivity contribution >= 4 is 29.8 Å². The Hall–Kier alpha value is -4.41. The molecule has 0 spiro atoms. The van der Waals surface area contributed by atoms with Gasteiger partial charge < -0.3 is 24.3 Å². The van der Waals surface area contributed by atoms with E-state index in [4.69, 9.17) is 24.4 Å². The summed E-state index contributed by atoms with van der Waals surface area (Å²) >= 11 is 0. The van der Waals surface area contributed by atoms with Crippen LogP contribution in [0.4, 0.5) is 4.79 Å². The maximum absolute atomic E-state index is 12.1. The Morgan fingerprint density at radius 1 is 0.975 bits per heavy atom. The number of amides is 2. The predicted molar refractivity (Wildman–Crippen MR) is 146 cm³/mol. The van der Waals surface area contributed by atoms with Gasteiger partial charge >= 0.3 is 18.0 Å². The summed E-state index contributed by atoms with van der Waals surface area (Å²) in [5, 5.41) is 13.3. The van der Waals surface area contributed by atoms with Crippen LogP contribution >= 0.6 is 0 Å². The lowest BCUT2D eigenvalue weighted by molar-refractivity contribution is -0.161. The van der Waals surface area contributed by atoms with Crippen LogP contribution in [0.3, 0.4) is 0 Å². The first-order valence-electron chi connectivity index (χ1n) is 13.0. The number of hydrogen-bond acceptors (Lipinski definition) is 9. The molecular weight excluding hydrogens is 518 g/mol. The van der Waals surface area contributed by atoms with E-state index < -0.39 is 30.2 Å². The summed E-state index contributed by atoms with van der Waals surface area (Å²) in [5.41, 5.74) is 1.56. The Balaban J connectivity index is 1.45. The number of esters is 2. The monoisotopic (exact) mass is 553 g/mol. The number of benzene rings is 2. The Kier molecular flexibility index (Phi) is 10.2. The van der Waals surface area contributed by atoms with Crippen molar-refractivity contribution in [2.75, 3.05) is 20.0 Å². The summed E-state index contributed by atoms with van der Waals surface area (Å²) in [5.74, 6) is -0.971. The van der Waals surface area contributed by atoms with Crippen molar-refractivity contribution < 1.29 is 38.1 Å². The fourth-order valence-corrected chi connectivity index (χ4v) is 3.87. The van der Waals surface area contributed by atoms with E-state index in [0.29, 0.717) is 17.7 Å². The smallest absolute Gasteiger partial charge is 0.415 e. The van der Waals surface area contributed by atoms with Crippen LogP contribution in [0, 0.1) is 16.7 Å². The fourth-order valence-electron chi connectivity index (χ4n) is 3.87. The molecule has 11 heteroatoms. The first kappa shape index (κ1) is 30.1. The number of rotatable bonds is 10. The number of amidine groups is 1. The highest BCUT2D eigenvalue weighted by Gasteiger charge is 2.34. The predicted octanol–water partition coefficient (Wildman–Crippen LogP) is 3.79. The highest BCUT2D eigenvalue weighted by molar-refractivity contribution is 6.04. The molecule has 3 rings (SSSR count). The fraction of sp³-hybridized carbons (Fsp3) is 0.414. The summed E-state index contributed by atoms with van der Waals surface area (Å²) in [6.07, 6.45) is -0.329. The molecule has 1 heterocycles. The quantitative estimate of drug-likeness (QED) is 0.174. The summed E-state index contributed by atoms with van der Waals surface area (Å²) in [4.78, 5) is 47.4. The van der Waals surface area contributed by atoms with Crippen molar-refractivity contribution in [2.45, 2.75) is 46.6 Å². The largest absolute Gasteiger partial charge is 0.491 e. The van der Waals surface area contributed by atoms with Gasteiger partial charge in [0, 0.05) is 5.56 Å². The third-order valence-electron chi connectivity index (χ3n) is 6.04. The molecule has 0 bridgehead atoms. The van der Waals surface area contributed by atoms with E-state index >= 15 is 0 Å². The lowest BCUT2D eigenvalue weighted by Gasteiger charge is -2.16. The highest BCUT2D eigenvalue weighted by atomic mass is 16.7. The Bertz CT molecular complexity index is 1220.